The molecule has 4 aromatic rings. The molecule has 0 spiro atoms. The highest BCUT2D eigenvalue weighted by Crippen LogP contribution is 2.21. The number of hydrogen-bond acceptors (Lipinski definition) is 4. The lowest BCUT2D eigenvalue weighted by atomic mass is 10.1. The van der Waals surface area contributed by atoms with Crippen LogP contribution in [0.15, 0.2) is 59.4 Å². The average Bonchev–Trinajstić information content (AvgIpc) is 2.96. The zero-order valence-corrected chi connectivity index (χ0v) is 15.5. The second-order valence-corrected chi connectivity index (χ2v) is 6.63. The van der Waals surface area contributed by atoms with Gasteiger partial charge >= 0.3 is 0 Å². The Bertz CT molecular complexity index is 1280. The Hall–Kier alpha value is -3.74. The standard InChI is InChI=1S/C21H18N4O3/c1-13-11-19(27)23-21-17-5-3-4-6-18(17)24(25(13)21)12-20(28)22-16-9-7-15(8-10-16)14(2)26/h3-11H,12H2,1-2H3,(H,22,28). The summed E-state index contributed by atoms with van der Waals surface area (Å²) >= 11 is 0. The van der Waals surface area contributed by atoms with E-state index in [1.54, 1.807) is 33.5 Å². The molecular weight excluding hydrogens is 356 g/mol. The Labute approximate surface area is 160 Å². The van der Waals surface area contributed by atoms with Gasteiger partial charge in [-0.3, -0.25) is 19.1 Å². The number of nitrogens with one attached hydrogen (secondary N) is 1. The normalized spacial score (nSPS) is 11.1. The molecular formula is C21H18N4O3. The van der Waals surface area contributed by atoms with Gasteiger partial charge in [0.15, 0.2) is 11.4 Å². The summed E-state index contributed by atoms with van der Waals surface area (Å²) in [5.41, 5.74) is 2.92. The molecule has 0 atom stereocenters. The van der Waals surface area contributed by atoms with Crippen molar-refractivity contribution in [1.29, 1.82) is 0 Å². The van der Waals surface area contributed by atoms with Crippen LogP contribution in [0.2, 0.25) is 0 Å². The molecule has 0 fully saturated rings. The first-order valence-electron chi connectivity index (χ1n) is 8.83. The lowest BCUT2D eigenvalue weighted by Crippen LogP contribution is -2.23. The van der Waals surface area contributed by atoms with Crippen LogP contribution in [0.25, 0.3) is 16.6 Å². The molecule has 0 aliphatic carbocycles. The largest absolute Gasteiger partial charge is 0.324 e. The maximum Gasteiger partial charge on any atom is 0.273 e. The van der Waals surface area contributed by atoms with Crippen LogP contribution >= 0.6 is 0 Å². The Morgan fingerprint density at radius 1 is 1.07 bits per heavy atom. The number of rotatable bonds is 4. The van der Waals surface area contributed by atoms with E-state index in [4.69, 9.17) is 0 Å². The van der Waals surface area contributed by atoms with Gasteiger partial charge in [-0.25, -0.2) is 4.52 Å². The lowest BCUT2D eigenvalue weighted by Gasteiger charge is -2.11. The second kappa shape index (κ2) is 6.77. The topological polar surface area (TPSA) is 85.5 Å². The summed E-state index contributed by atoms with van der Waals surface area (Å²) < 4.78 is 3.58. The Morgan fingerprint density at radius 3 is 2.50 bits per heavy atom. The first-order chi connectivity index (χ1) is 13.4. The second-order valence-electron chi connectivity index (χ2n) is 6.63. The van der Waals surface area contributed by atoms with Crippen LogP contribution in [0.1, 0.15) is 23.0 Å². The predicted octanol–water partition coefficient (Wildman–Crippen LogP) is 2.80. The van der Waals surface area contributed by atoms with E-state index < -0.39 is 0 Å². The van der Waals surface area contributed by atoms with Crippen molar-refractivity contribution >= 4 is 33.9 Å². The smallest absolute Gasteiger partial charge is 0.273 e. The molecule has 2 aromatic carbocycles. The molecule has 2 aromatic heterocycles. The molecule has 0 aliphatic rings. The first kappa shape index (κ1) is 17.7. The van der Waals surface area contributed by atoms with Crippen molar-refractivity contribution in [2.75, 3.05) is 5.32 Å². The minimum absolute atomic E-state index is 0.0275. The van der Waals surface area contributed by atoms with E-state index in [0.29, 0.717) is 22.6 Å². The lowest BCUT2D eigenvalue weighted by molar-refractivity contribution is -0.116. The number of amides is 1. The molecule has 1 amide bonds. The molecule has 28 heavy (non-hydrogen) atoms. The fourth-order valence-corrected chi connectivity index (χ4v) is 3.35. The monoisotopic (exact) mass is 374 g/mol. The van der Waals surface area contributed by atoms with Crippen LogP contribution in [0, 0.1) is 6.92 Å². The minimum Gasteiger partial charge on any atom is -0.324 e. The molecule has 7 nitrogen and oxygen atoms in total. The van der Waals surface area contributed by atoms with Crippen LogP contribution < -0.4 is 10.9 Å². The minimum atomic E-state index is -0.310. The number of nitrogens with zero attached hydrogens (tertiary/aromatic N) is 3. The number of aryl methyl sites for hydroxylation is 1. The number of hydrogen-bond donors (Lipinski definition) is 1. The van der Waals surface area contributed by atoms with Crippen molar-refractivity contribution in [3.05, 3.63) is 76.2 Å². The fourth-order valence-electron chi connectivity index (χ4n) is 3.35. The molecule has 0 radical (unpaired) electrons. The van der Waals surface area contributed by atoms with Gasteiger partial charge in [-0.15, -0.1) is 0 Å². The third kappa shape index (κ3) is 3.07. The van der Waals surface area contributed by atoms with Gasteiger partial charge in [0.1, 0.15) is 6.54 Å². The van der Waals surface area contributed by atoms with Crippen molar-refractivity contribution in [3.63, 3.8) is 0 Å². The number of anilines is 1. The van der Waals surface area contributed by atoms with E-state index in [1.807, 2.05) is 31.2 Å². The summed E-state index contributed by atoms with van der Waals surface area (Å²) in [4.78, 5) is 40.0. The zero-order valence-electron chi connectivity index (χ0n) is 15.5. The molecule has 7 heteroatoms. The zero-order chi connectivity index (χ0) is 19.8. The number of para-hydroxylation sites is 1. The highest BCUT2D eigenvalue weighted by atomic mass is 16.2. The SMILES string of the molecule is CC(=O)c1ccc(NC(=O)Cn2c3ccccc3c3nc(=O)cc(C)n32)cc1. The molecule has 0 bridgehead atoms. The molecule has 0 aliphatic heterocycles. The van der Waals surface area contributed by atoms with Crippen molar-refractivity contribution in [1.82, 2.24) is 14.2 Å². The molecule has 140 valence electrons. The third-order valence-corrected chi connectivity index (χ3v) is 4.62. The number of fused-ring (bicyclic) bond motifs is 3. The molecule has 2 heterocycles. The van der Waals surface area contributed by atoms with Crippen molar-refractivity contribution in [3.8, 4) is 0 Å². The van der Waals surface area contributed by atoms with Crippen LogP contribution in [0.3, 0.4) is 0 Å². The van der Waals surface area contributed by atoms with Gasteiger partial charge in [-0.05, 0) is 50.2 Å². The molecule has 1 N–H and O–H groups in total. The number of carbonyl (C=O) groups is 2. The van der Waals surface area contributed by atoms with Gasteiger partial charge in [0.25, 0.3) is 5.56 Å². The Balaban J connectivity index is 1.71. The summed E-state index contributed by atoms with van der Waals surface area (Å²) in [6.07, 6.45) is 0. The van der Waals surface area contributed by atoms with Gasteiger partial charge in [0.05, 0.1) is 5.52 Å². The highest BCUT2D eigenvalue weighted by Gasteiger charge is 2.15. The van der Waals surface area contributed by atoms with Gasteiger partial charge in [-0.1, -0.05) is 12.1 Å². The fraction of sp³-hybridized carbons (Fsp3) is 0.143. The number of Topliss-reactive ketones (excluding diaryl/α,β-unsaturated/α-hetero) is 1. The van der Waals surface area contributed by atoms with E-state index in [0.717, 1.165) is 10.9 Å². The number of ketones is 1. The van der Waals surface area contributed by atoms with Crippen LogP contribution in [-0.2, 0) is 11.3 Å². The van der Waals surface area contributed by atoms with Crippen molar-refractivity contribution in [2.45, 2.75) is 20.4 Å². The van der Waals surface area contributed by atoms with E-state index >= 15 is 0 Å². The van der Waals surface area contributed by atoms with Crippen LogP contribution in [0.5, 0.6) is 0 Å². The van der Waals surface area contributed by atoms with E-state index in [9.17, 15) is 14.4 Å². The first-order valence-corrected chi connectivity index (χ1v) is 8.83. The van der Waals surface area contributed by atoms with Crippen molar-refractivity contribution in [2.24, 2.45) is 0 Å². The summed E-state index contributed by atoms with van der Waals surface area (Å²) in [5, 5.41) is 3.65. The quantitative estimate of drug-likeness (QED) is 0.557. The molecule has 0 saturated heterocycles. The Kier molecular flexibility index (Phi) is 4.27. The van der Waals surface area contributed by atoms with Crippen LogP contribution in [-0.4, -0.2) is 25.9 Å². The summed E-state index contributed by atoms with van der Waals surface area (Å²) in [7, 11) is 0. The van der Waals surface area contributed by atoms with E-state index in [2.05, 4.69) is 10.3 Å². The van der Waals surface area contributed by atoms with E-state index in [1.165, 1.54) is 13.0 Å². The predicted molar refractivity (Wildman–Crippen MR) is 107 cm³/mol. The third-order valence-electron chi connectivity index (χ3n) is 4.62. The molecule has 0 saturated carbocycles. The van der Waals surface area contributed by atoms with Gasteiger partial charge < -0.3 is 5.32 Å². The van der Waals surface area contributed by atoms with E-state index in [-0.39, 0.29) is 23.8 Å². The summed E-state index contributed by atoms with van der Waals surface area (Å²) in [6, 6.07) is 15.7. The number of carbonyl (C=O) groups excluding carboxylic acids is 2. The molecule has 0 unspecified atom stereocenters. The summed E-state index contributed by atoms with van der Waals surface area (Å²) in [6.45, 7) is 3.35. The van der Waals surface area contributed by atoms with Gasteiger partial charge in [0.2, 0.25) is 5.91 Å². The van der Waals surface area contributed by atoms with Crippen molar-refractivity contribution < 1.29 is 9.59 Å². The van der Waals surface area contributed by atoms with Gasteiger partial charge in [-0.2, -0.15) is 4.98 Å². The molecule has 4 rings (SSSR count). The maximum absolute atomic E-state index is 12.7. The summed E-state index contributed by atoms with van der Waals surface area (Å²) in [5.74, 6) is -0.253. The van der Waals surface area contributed by atoms with Crippen LogP contribution in [0.4, 0.5) is 5.69 Å². The highest BCUT2D eigenvalue weighted by molar-refractivity contribution is 5.97. The number of benzene rings is 2. The number of aromatic nitrogens is 3. The van der Waals surface area contributed by atoms with Gasteiger partial charge in [0, 0.05) is 28.4 Å². The average molecular weight is 374 g/mol. The maximum atomic E-state index is 12.7. The Morgan fingerprint density at radius 2 is 1.79 bits per heavy atom.